The van der Waals surface area contributed by atoms with Crippen LogP contribution in [0.3, 0.4) is 0 Å². The standard InChI is InChI=1S/C12H20N4S2.HI/c1-13-12(16-9-10-3-2-7-17-10)15-5-4-11-14-6-8-18-11;/h6,8,10H,2-5,7,9H2,1H3,(H2,13,15,16);1H. The Hall–Kier alpha value is -0.0200. The molecular weight excluding hydrogens is 391 g/mol. The van der Waals surface area contributed by atoms with Crippen molar-refractivity contribution >= 4 is 53.0 Å². The van der Waals surface area contributed by atoms with Crippen molar-refractivity contribution in [3.05, 3.63) is 16.6 Å². The molecule has 0 saturated carbocycles. The molecule has 1 aromatic rings. The van der Waals surface area contributed by atoms with Gasteiger partial charge < -0.3 is 10.6 Å². The molecule has 108 valence electrons. The molecule has 0 radical (unpaired) electrons. The van der Waals surface area contributed by atoms with Crippen molar-refractivity contribution in [2.75, 3.05) is 25.9 Å². The fraction of sp³-hybridized carbons (Fsp3) is 0.667. The second kappa shape index (κ2) is 9.82. The number of guanidine groups is 1. The predicted molar refractivity (Wildman–Crippen MR) is 96.1 cm³/mol. The number of halogens is 1. The van der Waals surface area contributed by atoms with Gasteiger partial charge in [-0.3, -0.25) is 4.99 Å². The molecule has 0 aliphatic carbocycles. The largest absolute Gasteiger partial charge is 0.356 e. The summed E-state index contributed by atoms with van der Waals surface area (Å²) in [5, 5.41) is 10.7. The Morgan fingerprint density at radius 2 is 2.42 bits per heavy atom. The van der Waals surface area contributed by atoms with E-state index in [0.717, 1.165) is 30.7 Å². The van der Waals surface area contributed by atoms with Crippen LogP contribution in [0.1, 0.15) is 17.8 Å². The van der Waals surface area contributed by atoms with E-state index in [1.165, 1.54) is 23.6 Å². The van der Waals surface area contributed by atoms with E-state index >= 15 is 0 Å². The number of thiazole rings is 1. The first kappa shape index (κ1) is 17.0. The van der Waals surface area contributed by atoms with Crippen LogP contribution in [0.2, 0.25) is 0 Å². The zero-order valence-corrected chi connectivity index (χ0v) is 15.1. The molecule has 1 aromatic heterocycles. The fourth-order valence-electron chi connectivity index (χ4n) is 1.90. The molecule has 1 atom stereocenters. The topological polar surface area (TPSA) is 49.3 Å². The van der Waals surface area contributed by atoms with Gasteiger partial charge in [0.2, 0.25) is 0 Å². The van der Waals surface area contributed by atoms with E-state index in [1.807, 2.05) is 18.6 Å². The summed E-state index contributed by atoms with van der Waals surface area (Å²) in [5.74, 6) is 2.21. The van der Waals surface area contributed by atoms with Gasteiger partial charge in [0.25, 0.3) is 0 Å². The maximum atomic E-state index is 4.26. The minimum absolute atomic E-state index is 0. The minimum Gasteiger partial charge on any atom is -0.356 e. The zero-order chi connectivity index (χ0) is 12.6. The highest BCUT2D eigenvalue weighted by Gasteiger charge is 2.15. The van der Waals surface area contributed by atoms with Gasteiger partial charge >= 0.3 is 0 Å². The Bertz CT molecular complexity index is 364. The maximum absolute atomic E-state index is 4.26. The van der Waals surface area contributed by atoms with Crippen LogP contribution in [0, 0.1) is 0 Å². The Morgan fingerprint density at radius 1 is 1.53 bits per heavy atom. The van der Waals surface area contributed by atoms with Crippen molar-refractivity contribution < 1.29 is 0 Å². The highest BCUT2D eigenvalue weighted by molar-refractivity contribution is 14.0. The van der Waals surface area contributed by atoms with E-state index in [9.17, 15) is 0 Å². The molecule has 1 aliphatic rings. The van der Waals surface area contributed by atoms with Crippen molar-refractivity contribution in [2.45, 2.75) is 24.5 Å². The lowest BCUT2D eigenvalue weighted by atomic mass is 10.2. The van der Waals surface area contributed by atoms with Gasteiger partial charge in [0.15, 0.2) is 5.96 Å². The monoisotopic (exact) mass is 412 g/mol. The highest BCUT2D eigenvalue weighted by Crippen LogP contribution is 2.25. The van der Waals surface area contributed by atoms with Crippen LogP contribution in [0.25, 0.3) is 0 Å². The van der Waals surface area contributed by atoms with Crippen LogP contribution < -0.4 is 10.6 Å². The van der Waals surface area contributed by atoms with Crippen molar-refractivity contribution in [3.8, 4) is 0 Å². The van der Waals surface area contributed by atoms with Crippen molar-refractivity contribution in [1.29, 1.82) is 0 Å². The lowest BCUT2D eigenvalue weighted by molar-refractivity contribution is 0.724. The summed E-state index contributed by atoms with van der Waals surface area (Å²) in [7, 11) is 1.82. The first-order valence-corrected chi connectivity index (χ1v) is 8.26. The number of aromatic nitrogens is 1. The summed E-state index contributed by atoms with van der Waals surface area (Å²) in [6.45, 7) is 1.90. The van der Waals surface area contributed by atoms with Crippen LogP contribution >= 0.6 is 47.1 Å². The van der Waals surface area contributed by atoms with E-state index in [1.54, 1.807) is 11.3 Å². The molecule has 4 nitrogen and oxygen atoms in total. The van der Waals surface area contributed by atoms with Crippen molar-refractivity contribution in [2.24, 2.45) is 4.99 Å². The molecule has 0 amide bonds. The first-order chi connectivity index (χ1) is 8.88. The van der Waals surface area contributed by atoms with Gasteiger partial charge in [0, 0.05) is 43.4 Å². The average molecular weight is 412 g/mol. The van der Waals surface area contributed by atoms with Crippen LogP contribution in [0.15, 0.2) is 16.6 Å². The highest BCUT2D eigenvalue weighted by atomic mass is 127. The summed E-state index contributed by atoms with van der Waals surface area (Å²) < 4.78 is 0. The number of aliphatic imine (C=N–C) groups is 1. The van der Waals surface area contributed by atoms with Crippen LogP contribution in [-0.2, 0) is 6.42 Å². The molecule has 1 saturated heterocycles. The summed E-state index contributed by atoms with van der Waals surface area (Å²) in [6, 6.07) is 0. The Morgan fingerprint density at radius 3 is 3.05 bits per heavy atom. The van der Waals surface area contributed by atoms with Gasteiger partial charge in [0.1, 0.15) is 0 Å². The number of hydrogen-bond acceptors (Lipinski definition) is 4. The molecule has 0 spiro atoms. The molecule has 2 rings (SSSR count). The van der Waals surface area contributed by atoms with Crippen LogP contribution in [0.5, 0.6) is 0 Å². The summed E-state index contributed by atoms with van der Waals surface area (Å²) in [6.07, 6.45) is 5.49. The Labute approximate surface area is 140 Å². The van der Waals surface area contributed by atoms with E-state index in [0.29, 0.717) is 0 Å². The van der Waals surface area contributed by atoms with E-state index < -0.39 is 0 Å². The van der Waals surface area contributed by atoms with Gasteiger partial charge in [-0.25, -0.2) is 4.98 Å². The van der Waals surface area contributed by atoms with E-state index in [-0.39, 0.29) is 24.0 Å². The molecule has 0 aromatic carbocycles. The second-order valence-corrected chi connectivity index (χ2v) is 6.58. The van der Waals surface area contributed by atoms with Gasteiger partial charge in [0.05, 0.1) is 5.01 Å². The zero-order valence-electron chi connectivity index (χ0n) is 11.1. The maximum Gasteiger partial charge on any atom is 0.191 e. The third-order valence-corrected chi connectivity index (χ3v) is 5.10. The Kier molecular flexibility index (Phi) is 8.80. The van der Waals surface area contributed by atoms with Crippen molar-refractivity contribution in [1.82, 2.24) is 15.6 Å². The average Bonchev–Trinajstić information content (AvgIpc) is 3.06. The molecular formula is C12H21IN4S2. The molecule has 1 unspecified atom stereocenters. The third-order valence-electron chi connectivity index (χ3n) is 2.86. The SMILES string of the molecule is CN=C(NCCc1nccs1)NCC1CCCS1.I. The number of nitrogens with one attached hydrogen (secondary N) is 2. The molecule has 1 aliphatic heterocycles. The molecule has 7 heteroatoms. The van der Waals surface area contributed by atoms with Crippen LogP contribution in [0.4, 0.5) is 0 Å². The molecule has 1 fully saturated rings. The van der Waals surface area contributed by atoms with E-state index in [2.05, 4.69) is 32.4 Å². The molecule has 0 bridgehead atoms. The summed E-state index contributed by atoms with van der Waals surface area (Å²) in [5.41, 5.74) is 0. The van der Waals surface area contributed by atoms with Crippen molar-refractivity contribution in [3.63, 3.8) is 0 Å². The smallest absolute Gasteiger partial charge is 0.191 e. The summed E-state index contributed by atoms with van der Waals surface area (Å²) in [4.78, 5) is 8.50. The van der Waals surface area contributed by atoms with Gasteiger partial charge in [-0.1, -0.05) is 0 Å². The van der Waals surface area contributed by atoms with Gasteiger partial charge in [-0.15, -0.1) is 35.3 Å². The number of rotatable bonds is 5. The summed E-state index contributed by atoms with van der Waals surface area (Å²) >= 11 is 3.76. The van der Waals surface area contributed by atoms with E-state index in [4.69, 9.17) is 0 Å². The molecule has 19 heavy (non-hydrogen) atoms. The Balaban J connectivity index is 0.00000180. The predicted octanol–water partition coefficient (Wildman–Crippen LogP) is 2.36. The number of thioether (sulfide) groups is 1. The quantitative estimate of drug-likeness (QED) is 0.443. The minimum atomic E-state index is 0. The van der Waals surface area contributed by atoms with Crippen LogP contribution in [-0.4, -0.2) is 42.1 Å². The second-order valence-electron chi connectivity index (χ2n) is 4.19. The van der Waals surface area contributed by atoms with Gasteiger partial charge in [-0.05, 0) is 18.6 Å². The van der Waals surface area contributed by atoms with Gasteiger partial charge in [-0.2, -0.15) is 11.8 Å². The fourth-order valence-corrected chi connectivity index (χ4v) is 3.72. The third kappa shape index (κ3) is 6.31. The molecule has 2 heterocycles. The number of hydrogen-bond donors (Lipinski definition) is 2. The number of nitrogens with zero attached hydrogens (tertiary/aromatic N) is 2. The lowest BCUT2D eigenvalue weighted by Crippen LogP contribution is -2.40. The molecule has 2 N–H and O–H groups in total. The first-order valence-electron chi connectivity index (χ1n) is 6.33. The normalized spacial score (nSPS) is 19.0. The lowest BCUT2D eigenvalue weighted by Gasteiger charge is -2.14.